The Morgan fingerprint density at radius 3 is 2.30 bits per heavy atom. The van der Waals surface area contributed by atoms with Crippen LogP contribution in [0, 0.1) is 0 Å². The van der Waals surface area contributed by atoms with Gasteiger partial charge < -0.3 is 20.3 Å². The smallest absolute Gasteiger partial charge is 0.407 e. The predicted molar refractivity (Wildman–Crippen MR) is 115 cm³/mol. The monoisotopic (exact) mass is 453 g/mol. The van der Waals surface area contributed by atoms with E-state index >= 15 is 0 Å². The molecule has 2 atom stereocenters. The molecule has 0 bridgehead atoms. The lowest BCUT2D eigenvalue weighted by atomic mass is 9.98. The van der Waals surface area contributed by atoms with Gasteiger partial charge in [-0.25, -0.2) is 14.6 Å². The van der Waals surface area contributed by atoms with Crippen molar-refractivity contribution in [2.24, 2.45) is 0 Å². The van der Waals surface area contributed by atoms with E-state index in [4.69, 9.17) is 9.84 Å². The summed E-state index contributed by atoms with van der Waals surface area (Å²) in [6.45, 7) is -0.170. The minimum atomic E-state index is -1.33. The van der Waals surface area contributed by atoms with Crippen LogP contribution in [0.2, 0.25) is 0 Å². The molecule has 2 aromatic rings. The Morgan fingerprint density at radius 1 is 1.09 bits per heavy atom. The van der Waals surface area contributed by atoms with Crippen molar-refractivity contribution in [1.29, 1.82) is 0 Å². The zero-order chi connectivity index (χ0) is 23.5. The number of nitrogens with zero attached hydrogens (tertiary/aromatic N) is 1. The molecule has 10 nitrogen and oxygen atoms in total. The number of fused-ring (bicyclic) bond motifs is 3. The first-order valence-corrected chi connectivity index (χ1v) is 10.5. The number of carboxylic acid groups (broad SMARTS) is 1. The lowest BCUT2D eigenvalue weighted by Crippen LogP contribution is -2.48. The summed E-state index contributed by atoms with van der Waals surface area (Å²) in [6.07, 6.45) is -2.87. The number of rotatable bonds is 7. The first-order valence-electron chi connectivity index (χ1n) is 10.5. The molecular formula is C23H23N3O7. The Labute approximate surface area is 189 Å². The third-order valence-electron chi connectivity index (χ3n) is 5.73. The van der Waals surface area contributed by atoms with Gasteiger partial charge in [0.1, 0.15) is 6.61 Å². The highest BCUT2D eigenvalue weighted by atomic mass is 16.5. The van der Waals surface area contributed by atoms with Crippen molar-refractivity contribution in [3.63, 3.8) is 0 Å². The molecule has 1 aliphatic heterocycles. The number of aliphatic carboxylic acids is 1. The highest BCUT2D eigenvalue weighted by molar-refractivity contribution is 5.93. The maximum Gasteiger partial charge on any atom is 0.407 e. The summed E-state index contributed by atoms with van der Waals surface area (Å²) < 4.78 is 5.37. The molecule has 2 aliphatic rings. The summed E-state index contributed by atoms with van der Waals surface area (Å²) in [5.74, 6) is -2.80. The highest BCUT2D eigenvalue weighted by Gasteiger charge is 2.39. The van der Waals surface area contributed by atoms with Crippen LogP contribution in [-0.4, -0.2) is 64.4 Å². The van der Waals surface area contributed by atoms with Crippen LogP contribution in [0.5, 0.6) is 0 Å². The van der Waals surface area contributed by atoms with Gasteiger partial charge >= 0.3 is 12.1 Å². The Hall–Kier alpha value is -3.92. The number of benzene rings is 2. The number of aliphatic hydroxyl groups is 1. The molecule has 0 aromatic heterocycles. The van der Waals surface area contributed by atoms with E-state index in [0.29, 0.717) is 5.01 Å². The average Bonchev–Trinajstić information content (AvgIpc) is 3.35. The van der Waals surface area contributed by atoms with Crippen LogP contribution >= 0.6 is 0 Å². The van der Waals surface area contributed by atoms with Crippen molar-refractivity contribution in [3.8, 4) is 11.1 Å². The van der Waals surface area contributed by atoms with Crippen molar-refractivity contribution in [2.75, 3.05) is 13.2 Å². The van der Waals surface area contributed by atoms with Crippen LogP contribution in [-0.2, 0) is 19.1 Å². The topological polar surface area (TPSA) is 145 Å². The van der Waals surface area contributed by atoms with E-state index in [-0.39, 0.29) is 25.5 Å². The fourth-order valence-electron chi connectivity index (χ4n) is 4.18. The number of ether oxygens (including phenoxy) is 1. The number of hydrogen-bond donors (Lipinski definition) is 4. The molecule has 2 unspecified atom stereocenters. The van der Waals surface area contributed by atoms with Crippen LogP contribution in [0.4, 0.5) is 4.79 Å². The summed E-state index contributed by atoms with van der Waals surface area (Å²) in [5.41, 5.74) is 6.50. The molecule has 4 N–H and O–H groups in total. The van der Waals surface area contributed by atoms with Crippen LogP contribution in [0.25, 0.3) is 11.1 Å². The van der Waals surface area contributed by atoms with Gasteiger partial charge in [-0.3, -0.25) is 15.0 Å². The molecule has 1 fully saturated rings. The number of hydrogen-bond acceptors (Lipinski definition) is 6. The van der Waals surface area contributed by atoms with Gasteiger partial charge in [-0.05, 0) is 22.3 Å². The van der Waals surface area contributed by atoms with Crippen molar-refractivity contribution in [1.82, 2.24) is 15.8 Å². The average molecular weight is 453 g/mol. The fraction of sp³-hybridized carbons (Fsp3) is 0.304. The van der Waals surface area contributed by atoms with Gasteiger partial charge in [-0.2, -0.15) is 0 Å². The van der Waals surface area contributed by atoms with E-state index in [9.17, 15) is 24.3 Å². The summed E-state index contributed by atoms with van der Waals surface area (Å²) in [4.78, 5) is 47.0. The molecule has 0 spiro atoms. The molecule has 1 heterocycles. The van der Waals surface area contributed by atoms with Gasteiger partial charge in [0.25, 0.3) is 0 Å². The van der Waals surface area contributed by atoms with Crippen molar-refractivity contribution >= 4 is 23.9 Å². The number of aliphatic hydroxyl groups excluding tert-OH is 1. The Bertz CT molecular complexity index is 1060. The molecule has 4 rings (SSSR count). The summed E-state index contributed by atoms with van der Waals surface area (Å²) >= 11 is 0. The first kappa shape index (κ1) is 22.3. The maximum absolute atomic E-state index is 12.2. The number of hydrazine groups is 1. The van der Waals surface area contributed by atoms with E-state index in [1.54, 1.807) is 0 Å². The number of alkyl carbamates (subject to hydrolysis) is 1. The van der Waals surface area contributed by atoms with Crippen molar-refractivity contribution in [3.05, 3.63) is 59.7 Å². The number of carbonyl (C=O) groups is 4. The molecule has 33 heavy (non-hydrogen) atoms. The Kier molecular flexibility index (Phi) is 6.27. The zero-order valence-electron chi connectivity index (χ0n) is 17.6. The van der Waals surface area contributed by atoms with Crippen LogP contribution < -0.4 is 10.7 Å². The first-order chi connectivity index (χ1) is 15.8. The van der Waals surface area contributed by atoms with Gasteiger partial charge in [0.05, 0.1) is 18.9 Å². The quantitative estimate of drug-likeness (QED) is 0.489. The number of amides is 3. The minimum absolute atomic E-state index is 0.106. The third kappa shape index (κ3) is 4.65. The van der Waals surface area contributed by atoms with E-state index < -0.39 is 42.4 Å². The summed E-state index contributed by atoms with van der Waals surface area (Å²) in [7, 11) is 0. The van der Waals surface area contributed by atoms with Crippen molar-refractivity contribution < 1.29 is 34.1 Å². The minimum Gasteiger partial charge on any atom is -0.480 e. The lowest BCUT2D eigenvalue weighted by Gasteiger charge is -2.22. The second-order valence-corrected chi connectivity index (χ2v) is 7.92. The van der Waals surface area contributed by atoms with Gasteiger partial charge in [-0.1, -0.05) is 48.5 Å². The van der Waals surface area contributed by atoms with Gasteiger partial charge in [0.15, 0.2) is 6.04 Å². The second kappa shape index (κ2) is 9.29. The van der Waals surface area contributed by atoms with E-state index in [2.05, 4.69) is 10.7 Å². The normalized spacial score (nSPS) is 17.7. The molecular weight excluding hydrogens is 430 g/mol. The molecule has 172 valence electrons. The lowest BCUT2D eigenvalue weighted by molar-refractivity contribution is -0.151. The molecule has 3 amide bonds. The van der Waals surface area contributed by atoms with Crippen LogP contribution in [0.3, 0.4) is 0 Å². The molecule has 1 aliphatic carbocycles. The van der Waals surface area contributed by atoms with Gasteiger partial charge in [-0.15, -0.1) is 0 Å². The standard InChI is InChI=1S/C23H23N3O7/c27-13(9-21(29)26-19(22(30)31)10-20(28)25-26)11-24-23(32)33-12-18-16-7-3-1-5-14(16)15-6-2-4-8-17(15)18/h1-8,13,18-19,27H,9-12H2,(H,24,32)(H,25,28)(H,30,31). The molecule has 0 saturated carbocycles. The van der Waals surface area contributed by atoms with Crippen LogP contribution in [0.15, 0.2) is 48.5 Å². The number of carbonyl (C=O) groups excluding carboxylic acids is 3. The molecule has 2 aromatic carbocycles. The number of carboxylic acids is 1. The largest absolute Gasteiger partial charge is 0.480 e. The Balaban J connectivity index is 1.27. The summed E-state index contributed by atoms with van der Waals surface area (Å²) in [6, 6.07) is 14.5. The fourth-order valence-corrected chi connectivity index (χ4v) is 4.18. The second-order valence-electron chi connectivity index (χ2n) is 7.92. The maximum atomic E-state index is 12.2. The predicted octanol–water partition coefficient (Wildman–Crippen LogP) is 0.993. The Morgan fingerprint density at radius 2 is 1.70 bits per heavy atom. The van der Waals surface area contributed by atoms with Gasteiger partial charge in [0.2, 0.25) is 11.8 Å². The van der Waals surface area contributed by atoms with Crippen molar-refractivity contribution in [2.45, 2.75) is 30.9 Å². The SMILES string of the molecule is O=C1CC(C(=O)O)N(C(=O)CC(O)CNC(=O)OCC2c3ccccc3-c3ccccc32)N1. The zero-order valence-corrected chi connectivity index (χ0v) is 17.6. The summed E-state index contributed by atoms with van der Waals surface area (Å²) in [5, 5.41) is 22.3. The highest BCUT2D eigenvalue weighted by Crippen LogP contribution is 2.44. The number of nitrogens with one attached hydrogen (secondary N) is 2. The molecule has 0 radical (unpaired) electrons. The van der Waals surface area contributed by atoms with Gasteiger partial charge in [0, 0.05) is 12.5 Å². The van der Waals surface area contributed by atoms with E-state index in [0.717, 1.165) is 22.3 Å². The van der Waals surface area contributed by atoms with E-state index in [1.807, 2.05) is 48.5 Å². The van der Waals surface area contributed by atoms with E-state index in [1.165, 1.54) is 0 Å². The third-order valence-corrected chi connectivity index (χ3v) is 5.73. The molecule has 10 heteroatoms. The molecule has 1 saturated heterocycles. The van der Waals surface area contributed by atoms with Crippen LogP contribution in [0.1, 0.15) is 29.9 Å².